The van der Waals surface area contributed by atoms with Gasteiger partial charge in [-0.25, -0.2) is 8.42 Å². The average molecular weight is 435 g/mol. The number of carbonyl (C=O) groups is 2. The van der Waals surface area contributed by atoms with Crippen molar-refractivity contribution >= 4 is 21.7 Å². The number of ether oxygens (including phenoxy) is 1. The van der Waals surface area contributed by atoms with E-state index in [2.05, 4.69) is 0 Å². The predicted octanol–water partition coefficient (Wildman–Crippen LogP) is 1.82. The SMILES string of the molecule is O=C(O)[C@@H]1C[C@H](S(=O)(=O)c2ccccc2C(F)(F)F)C[C@H]1C(=O)N1CCOCC1. The molecule has 3 atom stereocenters. The number of benzene rings is 1. The molecule has 1 saturated carbocycles. The van der Waals surface area contributed by atoms with Crippen molar-refractivity contribution in [3.05, 3.63) is 29.8 Å². The summed E-state index contributed by atoms with van der Waals surface area (Å²) in [6.45, 7) is 1.10. The number of carboxylic acid groups (broad SMARTS) is 1. The van der Waals surface area contributed by atoms with Crippen LogP contribution < -0.4 is 0 Å². The lowest BCUT2D eigenvalue weighted by Crippen LogP contribution is -2.45. The number of rotatable bonds is 4. The highest BCUT2D eigenvalue weighted by Gasteiger charge is 2.50. The number of carboxylic acids is 1. The smallest absolute Gasteiger partial charge is 0.417 e. The molecule has 1 aromatic rings. The van der Waals surface area contributed by atoms with Gasteiger partial charge < -0.3 is 14.7 Å². The number of hydrogen-bond acceptors (Lipinski definition) is 5. The van der Waals surface area contributed by atoms with Crippen LogP contribution >= 0.6 is 0 Å². The minimum absolute atomic E-state index is 0.260. The lowest BCUT2D eigenvalue weighted by atomic mass is 9.94. The number of hydrogen-bond donors (Lipinski definition) is 1. The van der Waals surface area contributed by atoms with Crippen LogP contribution in [0.5, 0.6) is 0 Å². The minimum Gasteiger partial charge on any atom is -0.481 e. The first-order chi connectivity index (χ1) is 13.5. The highest BCUT2D eigenvalue weighted by atomic mass is 32.2. The Bertz CT molecular complexity index is 895. The lowest BCUT2D eigenvalue weighted by molar-refractivity contribution is -0.150. The van der Waals surface area contributed by atoms with Gasteiger partial charge in [0.05, 0.1) is 40.8 Å². The maximum absolute atomic E-state index is 13.3. The van der Waals surface area contributed by atoms with Crippen LogP contribution in [0.15, 0.2) is 29.2 Å². The summed E-state index contributed by atoms with van der Waals surface area (Å²) in [4.78, 5) is 25.0. The number of alkyl halides is 3. The zero-order valence-electron chi connectivity index (χ0n) is 15.3. The molecular weight excluding hydrogens is 415 g/mol. The van der Waals surface area contributed by atoms with Gasteiger partial charge >= 0.3 is 12.1 Å². The van der Waals surface area contributed by atoms with E-state index in [4.69, 9.17) is 4.74 Å². The number of aliphatic carboxylic acids is 1. The molecule has 2 aliphatic rings. The summed E-state index contributed by atoms with van der Waals surface area (Å²) in [7, 11) is -4.49. The van der Waals surface area contributed by atoms with E-state index in [0.29, 0.717) is 6.07 Å². The lowest BCUT2D eigenvalue weighted by Gasteiger charge is -2.30. The van der Waals surface area contributed by atoms with E-state index in [-0.39, 0.29) is 32.7 Å². The monoisotopic (exact) mass is 435 g/mol. The molecule has 0 spiro atoms. The summed E-state index contributed by atoms with van der Waals surface area (Å²) in [5.41, 5.74) is -1.30. The summed E-state index contributed by atoms with van der Waals surface area (Å²) in [5.74, 6) is -4.22. The summed E-state index contributed by atoms with van der Waals surface area (Å²) in [6.07, 6.45) is -5.62. The molecule has 0 unspecified atom stereocenters. The summed E-state index contributed by atoms with van der Waals surface area (Å²) < 4.78 is 71.0. The third-order valence-corrected chi connectivity index (χ3v) is 7.65. The van der Waals surface area contributed by atoms with Gasteiger partial charge in [-0.05, 0) is 25.0 Å². The van der Waals surface area contributed by atoms with E-state index in [9.17, 15) is 36.3 Å². The van der Waals surface area contributed by atoms with Crippen molar-refractivity contribution in [2.75, 3.05) is 26.3 Å². The van der Waals surface area contributed by atoms with E-state index in [1.165, 1.54) is 11.0 Å². The minimum atomic E-state index is -4.88. The normalized spacial score (nSPS) is 25.8. The molecule has 0 bridgehead atoms. The van der Waals surface area contributed by atoms with Crippen LogP contribution in [0, 0.1) is 11.8 Å². The standard InChI is InChI=1S/C18H20F3NO6S/c19-18(20,21)14-3-1-2-4-15(14)29(26,27)11-9-12(13(10-11)17(24)25)16(23)22-5-7-28-8-6-22/h1-4,11-13H,5-10H2,(H,24,25)/t11-,12-,13-/m1/s1. The number of halogens is 3. The summed E-state index contributed by atoms with van der Waals surface area (Å²) in [6, 6.07) is 3.81. The Kier molecular flexibility index (Phi) is 5.91. The van der Waals surface area contributed by atoms with Gasteiger partial charge in [0.1, 0.15) is 0 Å². The number of morpholine rings is 1. The van der Waals surface area contributed by atoms with Crippen molar-refractivity contribution in [2.45, 2.75) is 29.2 Å². The molecule has 29 heavy (non-hydrogen) atoms. The topological polar surface area (TPSA) is 101 Å². The molecule has 0 radical (unpaired) electrons. The van der Waals surface area contributed by atoms with Crippen LogP contribution in [0.3, 0.4) is 0 Å². The molecule has 3 rings (SSSR count). The van der Waals surface area contributed by atoms with Gasteiger partial charge in [-0.3, -0.25) is 9.59 Å². The maximum Gasteiger partial charge on any atom is 0.417 e. The Morgan fingerprint density at radius 2 is 1.66 bits per heavy atom. The highest BCUT2D eigenvalue weighted by Crippen LogP contribution is 2.42. The van der Waals surface area contributed by atoms with Gasteiger partial charge in [0, 0.05) is 13.1 Å². The molecular formula is C18H20F3NO6S. The molecule has 160 valence electrons. The summed E-state index contributed by atoms with van der Waals surface area (Å²) in [5, 5.41) is 8.11. The largest absolute Gasteiger partial charge is 0.481 e. The molecule has 1 amide bonds. The Morgan fingerprint density at radius 3 is 2.24 bits per heavy atom. The van der Waals surface area contributed by atoms with E-state index < -0.39 is 61.9 Å². The van der Waals surface area contributed by atoms with Crippen molar-refractivity contribution in [3.8, 4) is 0 Å². The number of carbonyl (C=O) groups excluding carboxylic acids is 1. The highest BCUT2D eigenvalue weighted by molar-refractivity contribution is 7.92. The second-order valence-electron chi connectivity index (χ2n) is 7.12. The predicted molar refractivity (Wildman–Crippen MR) is 93.7 cm³/mol. The van der Waals surface area contributed by atoms with Crippen molar-refractivity contribution < 1.29 is 41.0 Å². The number of amides is 1. The van der Waals surface area contributed by atoms with Gasteiger partial charge in [-0.1, -0.05) is 12.1 Å². The van der Waals surface area contributed by atoms with Crippen LogP contribution in [0.1, 0.15) is 18.4 Å². The molecule has 1 aliphatic heterocycles. The summed E-state index contributed by atoms with van der Waals surface area (Å²) >= 11 is 0. The fraction of sp³-hybridized carbons (Fsp3) is 0.556. The van der Waals surface area contributed by atoms with Gasteiger partial charge in [-0.15, -0.1) is 0 Å². The van der Waals surface area contributed by atoms with E-state index in [1.54, 1.807) is 0 Å². The first kappa shape index (κ1) is 21.6. The van der Waals surface area contributed by atoms with Crippen molar-refractivity contribution in [2.24, 2.45) is 11.8 Å². The first-order valence-electron chi connectivity index (χ1n) is 9.03. The van der Waals surface area contributed by atoms with E-state index in [0.717, 1.165) is 12.1 Å². The van der Waals surface area contributed by atoms with E-state index in [1.807, 2.05) is 0 Å². The molecule has 1 aliphatic carbocycles. The quantitative estimate of drug-likeness (QED) is 0.774. The molecule has 11 heteroatoms. The van der Waals surface area contributed by atoms with Crippen molar-refractivity contribution in [1.82, 2.24) is 4.90 Å². The Balaban J connectivity index is 1.92. The van der Waals surface area contributed by atoms with Crippen LogP contribution in [-0.4, -0.2) is 61.9 Å². The van der Waals surface area contributed by atoms with Crippen molar-refractivity contribution in [3.63, 3.8) is 0 Å². The molecule has 1 aromatic carbocycles. The Labute approximate surface area is 165 Å². The third-order valence-electron chi connectivity index (χ3n) is 5.41. The Morgan fingerprint density at radius 1 is 1.07 bits per heavy atom. The molecule has 1 heterocycles. The molecule has 0 aromatic heterocycles. The van der Waals surface area contributed by atoms with Gasteiger partial charge in [-0.2, -0.15) is 13.2 Å². The van der Waals surface area contributed by atoms with Crippen LogP contribution in [0.25, 0.3) is 0 Å². The van der Waals surface area contributed by atoms with Gasteiger partial charge in [0.25, 0.3) is 0 Å². The third kappa shape index (κ3) is 4.25. The fourth-order valence-corrected chi connectivity index (χ4v) is 5.98. The second-order valence-corrected chi connectivity index (χ2v) is 9.32. The first-order valence-corrected chi connectivity index (χ1v) is 10.6. The maximum atomic E-state index is 13.3. The number of sulfone groups is 1. The fourth-order valence-electron chi connectivity index (χ4n) is 3.94. The molecule has 1 N–H and O–H groups in total. The number of nitrogens with zero attached hydrogens (tertiary/aromatic N) is 1. The Hall–Kier alpha value is -2.14. The van der Waals surface area contributed by atoms with E-state index >= 15 is 0 Å². The van der Waals surface area contributed by atoms with Crippen LogP contribution in [-0.2, 0) is 30.3 Å². The van der Waals surface area contributed by atoms with Gasteiger partial charge in [0.15, 0.2) is 9.84 Å². The van der Waals surface area contributed by atoms with Gasteiger partial charge in [0.2, 0.25) is 5.91 Å². The second kappa shape index (κ2) is 7.94. The zero-order valence-corrected chi connectivity index (χ0v) is 16.1. The molecule has 2 fully saturated rings. The molecule has 7 nitrogen and oxygen atoms in total. The average Bonchev–Trinajstić information content (AvgIpc) is 3.14. The molecule has 1 saturated heterocycles. The zero-order chi connectivity index (χ0) is 21.4. The van der Waals surface area contributed by atoms with Crippen molar-refractivity contribution in [1.29, 1.82) is 0 Å². The van der Waals surface area contributed by atoms with Crippen LogP contribution in [0.4, 0.5) is 13.2 Å². The van der Waals surface area contributed by atoms with Crippen LogP contribution in [0.2, 0.25) is 0 Å².